The lowest BCUT2D eigenvalue weighted by Gasteiger charge is -2.50. The molecule has 3 saturated heterocycles. The molecule has 2 aromatic carbocycles. The maximum atomic E-state index is 13.5. The van der Waals surface area contributed by atoms with Crippen molar-refractivity contribution in [3.8, 4) is 0 Å². The van der Waals surface area contributed by atoms with Crippen LogP contribution in [0.2, 0.25) is 0 Å². The highest BCUT2D eigenvalue weighted by Crippen LogP contribution is 2.39. The Hall–Kier alpha value is -2.04. The van der Waals surface area contributed by atoms with Crippen molar-refractivity contribution in [2.75, 3.05) is 19.6 Å². The van der Waals surface area contributed by atoms with Crippen molar-refractivity contribution in [2.24, 2.45) is 5.92 Å². The lowest BCUT2D eigenvalue weighted by Crippen LogP contribution is -2.59. The van der Waals surface area contributed by atoms with Crippen LogP contribution in [0.1, 0.15) is 48.9 Å². The molecule has 4 heterocycles. The first-order valence-electron chi connectivity index (χ1n) is 11.1. The number of hydrogen-bond acceptors (Lipinski definition) is 3. The van der Waals surface area contributed by atoms with Crippen LogP contribution in [0, 0.1) is 5.92 Å². The number of nitrogens with zero attached hydrogens (tertiary/aromatic N) is 2. The first-order valence-corrected chi connectivity index (χ1v) is 11.1. The number of hydrogen-bond donors (Lipinski definition) is 0. The fourth-order valence-electron chi connectivity index (χ4n) is 5.71. The third-order valence-corrected chi connectivity index (χ3v) is 7.18. The van der Waals surface area contributed by atoms with Crippen molar-refractivity contribution < 1.29 is 9.53 Å². The number of fused-ring (bicyclic) bond motifs is 4. The van der Waals surface area contributed by atoms with E-state index in [1.54, 1.807) is 0 Å². The topological polar surface area (TPSA) is 32.8 Å². The summed E-state index contributed by atoms with van der Waals surface area (Å²) in [6, 6.07) is 19.2. The van der Waals surface area contributed by atoms with Gasteiger partial charge in [0.05, 0.1) is 6.04 Å². The molecule has 4 aliphatic heterocycles. The Balaban J connectivity index is 0.00000218. The van der Waals surface area contributed by atoms with Crippen LogP contribution in [0.25, 0.3) is 0 Å². The number of carbonyl (C=O) groups is 1. The highest BCUT2D eigenvalue weighted by atomic mass is 35.5. The molecule has 3 fully saturated rings. The van der Waals surface area contributed by atoms with Crippen molar-refractivity contribution >= 4 is 18.5 Å². The molecule has 160 valence electrons. The quantitative estimate of drug-likeness (QED) is 0.687. The molecule has 2 unspecified atom stereocenters. The standard InChI is InChI=1S/C25H30N2O2.ClH/c1-2-22-24(20-12-15-26(22)16-13-20)29-25(28)27-17-14-18-8-6-7-11-21(18)23(27)19-9-4-3-5-10-19;/h3-11,20,22-24H,2,12-17H2,1H3;1H/t22?,23-,24?;/m0./s1. The van der Waals surface area contributed by atoms with Crippen LogP contribution in [0.4, 0.5) is 4.79 Å². The van der Waals surface area contributed by atoms with Crippen molar-refractivity contribution in [2.45, 2.75) is 50.8 Å². The molecular formula is C25H31ClN2O2. The predicted molar refractivity (Wildman–Crippen MR) is 121 cm³/mol. The van der Waals surface area contributed by atoms with Gasteiger partial charge in [-0.15, -0.1) is 12.4 Å². The smallest absolute Gasteiger partial charge is 0.410 e. The van der Waals surface area contributed by atoms with E-state index in [1.165, 1.54) is 11.1 Å². The SMILES string of the molecule is CCC1C(OC(=O)N2CCc3ccccc3[C@@H]2c2ccccc2)C2CCN1CC2.Cl. The molecule has 6 rings (SSSR count). The summed E-state index contributed by atoms with van der Waals surface area (Å²) in [6.07, 6.45) is 4.11. The first-order chi connectivity index (χ1) is 14.3. The highest BCUT2D eigenvalue weighted by molar-refractivity contribution is 5.85. The van der Waals surface area contributed by atoms with Crippen molar-refractivity contribution in [1.29, 1.82) is 0 Å². The van der Waals surface area contributed by atoms with E-state index in [2.05, 4.69) is 60.4 Å². The molecule has 0 N–H and O–H groups in total. The molecule has 0 aromatic heterocycles. The largest absolute Gasteiger partial charge is 0.444 e. The Morgan fingerprint density at radius 2 is 1.70 bits per heavy atom. The third-order valence-electron chi connectivity index (χ3n) is 7.18. The maximum absolute atomic E-state index is 13.5. The second-order valence-electron chi connectivity index (χ2n) is 8.65. The van der Waals surface area contributed by atoms with E-state index in [0.29, 0.717) is 18.5 Å². The van der Waals surface area contributed by atoms with Gasteiger partial charge in [0.2, 0.25) is 0 Å². The van der Waals surface area contributed by atoms with Gasteiger partial charge in [0.15, 0.2) is 0 Å². The van der Waals surface area contributed by atoms with Gasteiger partial charge in [-0.3, -0.25) is 9.80 Å². The van der Waals surface area contributed by atoms with Crippen LogP contribution in [0.15, 0.2) is 54.6 Å². The van der Waals surface area contributed by atoms with Gasteiger partial charge in [-0.2, -0.15) is 0 Å². The summed E-state index contributed by atoms with van der Waals surface area (Å²) < 4.78 is 6.28. The molecule has 2 bridgehead atoms. The second-order valence-corrected chi connectivity index (χ2v) is 8.65. The monoisotopic (exact) mass is 426 g/mol. The number of ether oxygens (including phenoxy) is 1. The van der Waals surface area contributed by atoms with E-state index in [0.717, 1.165) is 44.3 Å². The average Bonchev–Trinajstić information content (AvgIpc) is 2.79. The minimum absolute atomic E-state index is 0. The number of piperidine rings is 3. The fourth-order valence-corrected chi connectivity index (χ4v) is 5.71. The van der Waals surface area contributed by atoms with Crippen LogP contribution >= 0.6 is 12.4 Å². The van der Waals surface area contributed by atoms with Gasteiger partial charge in [-0.05, 0) is 55.5 Å². The summed E-state index contributed by atoms with van der Waals surface area (Å²) in [5.74, 6) is 0.515. The van der Waals surface area contributed by atoms with E-state index in [9.17, 15) is 4.79 Å². The van der Waals surface area contributed by atoms with Crippen LogP contribution in [-0.4, -0.2) is 47.7 Å². The molecule has 1 amide bonds. The second kappa shape index (κ2) is 8.99. The van der Waals surface area contributed by atoms with Gasteiger partial charge in [0.1, 0.15) is 6.10 Å². The Bertz CT molecular complexity index is 866. The molecule has 5 heteroatoms. The Morgan fingerprint density at radius 3 is 2.43 bits per heavy atom. The average molecular weight is 427 g/mol. The van der Waals surface area contributed by atoms with Gasteiger partial charge in [-0.25, -0.2) is 4.79 Å². The van der Waals surface area contributed by atoms with E-state index in [1.807, 2.05) is 11.0 Å². The Labute approximate surface area is 185 Å². The molecule has 3 atom stereocenters. The molecule has 0 spiro atoms. The minimum atomic E-state index is -0.148. The van der Waals surface area contributed by atoms with Crippen LogP contribution in [0.5, 0.6) is 0 Å². The van der Waals surface area contributed by atoms with E-state index in [-0.39, 0.29) is 30.6 Å². The van der Waals surface area contributed by atoms with Gasteiger partial charge in [-0.1, -0.05) is 61.5 Å². The Kier molecular flexibility index (Phi) is 6.35. The number of carbonyl (C=O) groups excluding carboxylic acids is 1. The number of rotatable bonds is 3. The Morgan fingerprint density at radius 1 is 1.00 bits per heavy atom. The summed E-state index contributed by atoms with van der Waals surface area (Å²) >= 11 is 0. The molecule has 2 aromatic rings. The molecule has 4 nitrogen and oxygen atoms in total. The van der Waals surface area contributed by atoms with Crippen LogP contribution in [0.3, 0.4) is 0 Å². The predicted octanol–water partition coefficient (Wildman–Crippen LogP) is 5.07. The molecule has 0 aliphatic carbocycles. The van der Waals surface area contributed by atoms with Crippen molar-refractivity contribution in [1.82, 2.24) is 9.80 Å². The van der Waals surface area contributed by atoms with Gasteiger partial charge in [0.25, 0.3) is 0 Å². The van der Waals surface area contributed by atoms with Crippen LogP contribution in [-0.2, 0) is 11.2 Å². The molecule has 0 saturated carbocycles. The third kappa shape index (κ3) is 3.72. The van der Waals surface area contributed by atoms with Gasteiger partial charge in [0, 0.05) is 18.5 Å². The number of benzene rings is 2. The summed E-state index contributed by atoms with van der Waals surface area (Å²) in [5, 5.41) is 0. The van der Waals surface area contributed by atoms with Crippen molar-refractivity contribution in [3.63, 3.8) is 0 Å². The molecule has 4 aliphatic rings. The summed E-state index contributed by atoms with van der Waals surface area (Å²) in [4.78, 5) is 18.0. The zero-order valence-corrected chi connectivity index (χ0v) is 18.4. The van der Waals surface area contributed by atoms with Gasteiger partial charge >= 0.3 is 6.09 Å². The summed E-state index contributed by atoms with van der Waals surface area (Å²) in [5.41, 5.74) is 3.71. The maximum Gasteiger partial charge on any atom is 0.410 e. The lowest BCUT2D eigenvalue weighted by molar-refractivity contribution is -0.0872. The number of amides is 1. The lowest BCUT2D eigenvalue weighted by atomic mass is 9.79. The zero-order chi connectivity index (χ0) is 19.8. The summed E-state index contributed by atoms with van der Waals surface area (Å²) in [6.45, 7) is 5.23. The van der Waals surface area contributed by atoms with Crippen LogP contribution < -0.4 is 0 Å². The zero-order valence-electron chi connectivity index (χ0n) is 17.6. The minimum Gasteiger partial charge on any atom is -0.444 e. The fraction of sp³-hybridized carbons (Fsp3) is 0.480. The number of halogens is 1. The molecule has 30 heavy (non-hydrogen) atoms. The van der Waals surface area contributed by atoms with E-state index < -0.39 is 0 Å². The van der Waals surface area contributed by atoms with Crippen molar-refractivity contribution in [3.05, 3.63) is 71.3 Å². The highest BCUT2D eigenvalue weighted by Gasteiger charge is 2.45. The van der Waals surface area contributed by atoms with E-state index >= 15 is 0 Å². The normalized spacial score (nSPS) is 29.6. The molecule has 0 radical (unpaired) electrons. The summed E-state index contributed by atoms with van der Waals surface area (Å²) in [7, 11) is 0. The van der Waals surface area contributed by atoms with E-state index in [4.69, 9.17) is 4.74 Å². The molecular weight excluding hydrogens is 396 g/mol. The first kappa shape index (κ1) is 21.2. The van der Waals surface area contributed by atoms with Gasteiger partial charge < -0.3 is 4.74 Å².